The molecule has 128 valence electrons. The fourth-order valence-corrected chi connectivity index (χ4v) is 2.22. The number of carbonyl (C=O) groups excluding carboxylic acids is 1. The van der Waals surface area contributed by atoms with Gasteiger partial charge in [-0.1, -0.05) is 23.7 Å². The standard InChI is InChI=1S/C19H22ClNO3/c1-13-4-5-14(2)18(12-13)24-15(3)19(22)21-10-11-23-17-8-6-16(20)7-9-17/h4-9,12,15H,10-11H2,1-3H3,(H,21,22). The number of ether oxygens (including phenoxy) is 2. The smallest absolute Gasteiger partial charge is 0.260 e. The minimum Gasteiger partial charge on any atom is -0.492 e. The fourth-order valence-electron chi connectivity index (χ4n) is 2.10. The van der Waals surface area contributed by atoms with E-state index < -0.39 is 6.10 Å². The fraction of sp³-hybridized carbons (Fsp3) is 0.316. The molecule has 0 heterocycles. The van der Waals surface area contributed by atoms with Crippen LogP contribution in [0.2, 0.25) is 5.02 Å². The lowest BCUT2D eigenvalue weighted by Crippen LogP contribution is -2.38. The summed E-state index contributed by atoms with van der Waals surface area (Å²) < 4.78 is 11.3. The van der Waals surface area contributed by atoms with Crippen molar-refractivity contribution in [3.8, 4) is 11.5 Å². The lowest BCUT2D eigenvalue weighted by atomic mass is 10.1. The molecule has 2 aromatic carbocycles. The Balaban J connectivity index is 1.75. The maximum absolute atomic E-state index is 12.1. The molecule has 1 unspecified atom stereocenters. The predicted octanol–water partition coefficient (Wildman–Crippen LogP) is 3.92. The number of rotatable bonds is 7. The number of hydrogen-bond donors (Lipinski definition) is 1. The largest absolute Gasteiger partial charge is 0.492 e. The van der Waals surface area contributed by atoms with E-state index >= 15 is 0 Å². The summed E-state index contributed by atoms with van der Waals surface area (Å²) in [5.41, 5.74) is 2.10. The van der Waals surface area contributed by atoms with Gasteiger partial charge in [0.2, 0.25) is 0 Å². The molecule has 1 N–H and O–H groups in total. The zero-order valence-corrected chi connectivity index (χ0v) is 14.9. The SMILES string of the molecule is Cc1ccc(C)c(OC(C)C(=O)NCCOc2ccc(Cl)cc2)c1. The van der Waals surface area contributed by atoms with Gasteiger partial charge in [-0.2, -0.15) is 0 Å². The Morgan fingerprint density at radius 2 is 1.88 bits per heavy atom. The first-order valence-corrected chi connectivity index (χ1v) is 8.23. The highest BCUT2D eigenvalue weighted by Gasteiger charge is 2.15. The van der Waals surface area contributed by atoms with Crippen molar-refractivity contribution in [1.82, 2.24) is 5.32 Å². The molecule has 0 saturated carbocycles. The Hall–Kier alpha value is -2.20. The summed E-state index contributed by atoms with van der Waals surface area (Å²) in [6.07, 6.45) is -0.568. The third-order valence-corrected chi connectivity index (χ3v) is 3.75. The summed E-state index contributed by atoms with van der Waals surface area (Å²) in [7, 11) is 0. The minimum absolute atomic E-state index is 0.171. The molecule has 2 rings (SSSR count). The van der Waals surface area contributed by atoms with Crippen molar-refractivity contribution in [2.45, 2.75) is 26.9 Å². The Labute approximate surface area is 147 Å². The van der Waals surface area contributed by atoms with Gasteiger partial charge in [-0.15, -0.1) is 0 Å². The van der Waals surface area contributed by atoms with Crippen molar-refractivity contribution in [2.75, 3.05) is 13.2 Å². The van der Waals surface area contributed by atoms with Gasteiger partial charge in [-0.05, 0) is 62.2 Å². The van der Waals surface area contributed by atoms with E-state index in [0.717, 1.165) is 16.9 Å². The second-order valence-corrected chi connectivity index (χ2v) is 6.06. The number of carbonyl (C=O) groups is 1. The van der Waals surface area contributed by atoms with Crippen molar-refractivity contribution < 1.29 is 14.3 Å². The predicted molar refractivity (Wildman–Crippen MR) is 96.0 cm³/mol. The van der Waals surface area contributed by atoms with E-state index in [9.17, 15) is 4.79 Å². The number of amides is 1. The highest BCUT2D eigenvalue weighted by Crippen LogP contribution is 2.20. The number of benzene rings is 2. The van der Waals surface area contributed by atoms with Crippen molar-refractivity contribution >= 4 is 17.5 Å². The van der Waals surface area contributed by atoms with E-state index in [-0.39, 0.29) is 5.91 Å². The molecule has 5 heteroatoms. The van der Waals surface area contributed by atoms with Gasteiger partial charge in [0.15, 0.2) is 6.10 Å². The molecule has 0 saturated heterocycles. The van der Waals surface area contributed by atoms with Gasteiger partial charge in [-0.25, -0.2) is 0 Å². The van der Waals surface area contributed by atoms with Gasteiger partial charge in [-0.3, -0.25) is 4.79 Å². The van der Waals surface area contributed by atoms with Gasteiger partial charge in [0.1, 0.15) is 18.1 Å². The first kappa shape index (κ1) is 18.1. The van der Waals surface area contributed by atoms with Gasteiger partial charge in [0.25, 0.3) is 5.91 Å². The maximum Gasteiger partial charge on any atom is 0.260 e. The molecule has 0 radical (unpaired) electrons. The molecular weight excluding hydrogens is 326 g/mol. The van der Waals surface area contributed by atoms with Crippen LogP contribution in [0.3, 0.4) is 0 Å². The molecule has 24 heavy (non-hydrogen) atoms. The van der Waals surface area contributed by atoms with Crippen LogP contribution in [0.15, 0.2) is 42.5 Å². The molecule has 2 aromatic rings. The summed E-state index contributed by atoms with van der Waals surface area (Å²) in [4.78, 5) is 12.1. The normalized spacial score (nSPS) is 11.7. The molecule has 1 amide bonds. The quantitative estimate of drug-likeness (QED) is 0.772. The molecule has 4 nitrogen and oxygen atoms in total. The molecule has 0 aliphatic heterocycles. The zero-order valence-electron chi connectivity index (χ0n) is 14.1. The highest BCUT2D eigenvalue weighted by molar-refractivity contribution is 6.30. The average Bonchev–Trinajstić information content (AvgIpc) is 2.56. The summed E-state index contributed by atoms with van der Waals surface area (Å²) in [6.45, 7) is 6.47. The summed E-state index contributed by atoms with van der Waals surface area (Å²) in [6, 6.07) is 13.0. The zero-order chi connectivity index (χ0) is 17.5. The molecule has 0 bridgehead atoms. The van der Waals surface area contributed by atoms with E-state index in [2.05, 4.69) is 5.32 Å². The van der Waals surface area contributed by atoms with Gasteiger partial charge in [0.05, 0.1) is 6.54 Å². The molecule has 0 aliphatic carbocycles. The summed E-state index contributed by atoms with van der Waals surface area (Å²) in [5.74, 6) is 1.28. The first-order valence-electron chi connectivity index (χ1n) is 7.85. The second kappa shape index (κ2) is 8.60. The Morgan fingerprint density at radius 1 is 1.17 bits per heavy atom. The number of nitrogens with one attached hydrogen (secondary N) is 1. The van der Waals surface area contributed by atoms with Crippen LogP contribution in [0.25, 0.3) is 0 Å². The maximum atomic E-state index is 12.1. The third kappa shape index (κ3) is 5.46. The molecule has 0 spiro atoms. The number of aryl methyl sites for hydroxylation is 2. The van der Waals surface area contributed by atoms with E-state index in [0.29, 0.717) is 23.9 Å². The van der Waals surface area contributed by atoms with E-state index in [1.165, 1.54) is 0 Å². The molecule has 0 aliphatic rings. The Morgan fingerprint density at radius 3 is 2.58 bits per heavy atom. The number of hydrogen-bond acceptors (Lipinski definition) is 3. The molecular formula is C19H22ClNO3. The second-order valence-electron chi connectivity index (χ2n) is 5.62. The van der Waals surface area contributed by atoms with Crippen LogP contribution in [0.4, 0.5) is 0 Å². The van der Waals surface area contributed by atoms with Crippen LogP contribution in [-0.4, -0.2) is 25.2 Å². The first-order chi connectivity index (χ1) is 11.5. The molecule has 1 atom stereocenters. The van der Waals surface area contributed by atoms with Gasteiger partial charge < -0.3 is 14.8 Å². The van der Waals surface area contributed by atoms with E-state index in [1.807, 2.05) is 32.0 Å². The Kier molecular flexibility index (Phi) is 6.50. The third-order valence-electron chi connectivity index (χ3n) is 3.50. The highest BCUT2D eigenvalue weighted by atomic mass is 35.5. The van der Waals surface area contributed by atoms with Crippen molar-refractivity contribution in [3.05, 3.63) is 58.6 Å². The number of halogens is 1. The van der Waals surface area contributed by atoms with Crippen LogP contribution >= 0.6 is 11.6 Å². The molecule has 0 fully saturated rings. The van der Waals surface area contributed by atoms with Gasteiger partial charge in [0, 0.05) is 5.02 Å². The topological polar surface area (TPSA) is 47.6 Å². The van der Waals surface area contributed by atoms with Crippen LogP contribution < -0.4 is 14.8 Å². The Bertz CT molecular complexity index is 686. The lowest BCUT2D eigenvalue weighted by molar-refractivity contribution is -0.127. The van der Waals surface area contributed by atoms with Crippen molar-refractivity contribution in [3.63, 3.8) is 0 Å². The van der Waals surface area contributed by atoms with Crippen molar-refractivity contribution in [1.29, 1.82) is 0 Å². The summed E-state index contributed by atoms with van der Waals surface area (Å²) in [5, 5.41) is 3.46. The van der Waals surface area contributed by atoms with Crippen molar-refractivity contribution in [2.24, 2.45) is 0 Å². The monoisotopic (exact) mass is 347 g/mol. The minimum atomic E-state index is -0.568. The van der Waals surface area contributed by atoms with Gasteiger partial charge >= 0.3 is 0 Å². The van der Waals surface area contributed by atoms with E-state index in [1.54, 1.807) is 31.2 Å². The molecule has 0 aromatic heterocycles. The van der Waals surface area contributed by atoms with Crippen LogP contribution in [0.5, 0.6) is 11.5 Å². The summed E-state index contributed by atoms with van der Waals surface area (Å²) >= 11 is 5.81. The van der Waals surface area contributed by atoms with E-state index in [4.69, 9.17) is 21.1 Å². The van der Waals surface area contributed by atoms with Crippen LogP contribution in [0, 0.1) is 13.8 Å². The lowest BCUT2D eigenvalue weighted by Gasteiger charge is -2.17. The average molecular weight is 348 g/mol. The van der Waals surface area contributed by atoms with Crippen LogP contribution in [0.1, 0.15) is 18.1 Å². The van der Waals surface area contributed by atoms with Crippen LogP contribution in [-0.2, 0) is 4.79 Å².